The first-order valence-corrected chi connectivity index (χ1v) is 7.25. The second kappa shape index (κ2) is 6.16. The summed E-state index contributed by atoms with van der Waals surface area (Å²) >= 11 is 0. The van der Waals surface area contributed by atoms with Gasteiger partial charge in [0.1, 0.15) is 5.75 Å². The fourth-order valence-corrected chi connectivity index (χ4v) is 3.02. The molecular formula is C16H24N2O2. The van der Waals surface area contributed by atoms with Crippen molar-refractivity contribution >= 4 is 11.6 Å². The van der Waals surface area contributed by atoms with Gasteiger partial charge in [0.05, 0.1) is 12.7 Å². The van der Waals surface area contributed by atoms with Crippen LogP contribution < -0.4 is 15.8 Å². The van der Waals surface area contributed by atoms with Crippen LogP contribution in [0, 0.1) is 11.8 Å². The lowest BCUT2D eigenvalue weighted by Gasteiger charge is -2.33. The molecule has 3 N–H and O–H groups in total. The van der Waals surface area contributed by atoms with Gasteiger partial charge < -0.3 is 15.8 Å². The molecule has 1 aliphatic carbocycles. The van der Waals surface area contributed by atoms with Crippen molar-refractivity contribution in [2.24, 2.45) is 11.8 Å². The number of nitrogen functional groups attached to an aromatic ring is 1. The maximum Gasteiger partial charge on any atom is 0.255 e. The quantitative estimate of drug-likeness (QED) is 0.834. The number of ether oxygens (including phenoxy) is 1. The summed E-state index contributed by atoms with van der Waals surface area (Å²) in [5, 5.41) is 3.14. The zero-order valence-electron chi connectivity index (χ0n) is 12.5. The predicted octanol–water partition coefficient (Wildman–Crippen LogP) is 2.83. The molecule has 0 radical (unpaired) electrons. The van der Waals surface area contributed by atoms with Crippen LogP contribution in [0.2, 0.25) is 0 Å². The summed E-state index contributed by atoms with van der Waals surface area (Å²) in [6.45, 7) is 4.48. The van der Waals surface area contributed by atoms with Gasteiger partial charge in [0, 0.05) is 17.8 Å². The van der Waals surface area contributed by atoms with Crippen LogP contribution in [0.15, 0.2) is 18.2 Å². The number of hydrogen-bond donors (Lipinski definition) is 2. The van der Waals surface area contributed by atoms with Gasteiger partial charge in [-0.1, -0.05) is 13.8 Å². The van der Waals surface area contributed by atoms with E-state index in [2.05, 4.69) is 19.2 Å². The third-order valence-corrected chi connectivity index (χ3v) is 4.22. The van der Waals surface area contributed by atoms with E-state index in [0.717, 1.165) is 12.3 Å². The second-order valence-corrected chi connectivity index (χ2v) is 5.94. The molecule has 1 aliphatic rings. The number of anilines is 1. The summed E-state index contributed by atoms with van der Waals surface area (Å²) in [5.74, 6) is 1.72. The number of carbonyl (C=O) groups excluding carboxylic acids is 1. The minimum absolute atomic E-state index is 0.0757. The molecule has 0 heterocycles. The van der Waals surface area contributed by atoms with Crippen LogP contribution in [0.3, 0.4) is 0 Å². The van der Waals surface area contributed by atoms with Crippen LogP contribution in [-0.4, -0.2) is 19.1 Å². The number of amides is 1. The third kappa shape index (κ3) is 3.24. The Labute approximate surface area is 120 Å². The van der Waals surface area contributed by atoms with E-state index < -0.39 is 0 Å². The highest BCUT2D eigenvalue weighted by Gasteiger charge is 2.27. The number of rotatable bonds is 3. The number of nitrogens with one attached hydrogen (secondary N) is 1. The van der Waals surface area contributed by atoms with Gasteiger partial charge in [-0.2, -0.15) is 0 Å². The number of nitrogens with two attached hydrogens (primary N) is 1. The largest absolute Gasteiger partial charge is 0.496 e. The fourth-order valence-electron chi connectivity index (χ4n) is 3.02. The molecule has 1 aromatic carbocycles. The van der Waals surface area contributed by atoms with Crippen molar-refractivity contribution in [1.29, 1.82) is 0 Å². The van der Waals surface area contributed by atoms with Crippen molar-refractivity contribution in [1.82, 2.24) is 5.32 Å². The molecule has 0 saturated heterocycles. The molecule has 1 saturated carbocycles. The van der Waals surface area contributed by atoms with E-state index in [1.165, 1.54) is 12.8 Å². The molecule has 1 fully saturated rings. The number of benzene rings is 1. The predicted molar refractivity (Wildman–Crippen MR) is 80.8 cm³/mol. The first-order chi connectivity index (χ1) is 9.51. The zero-order valence-corrected chi connectivity index (χ0v) is 12.5. The molecule has 4 nitrogen and oxygen atoms in total. The van der Waals surface area contributed by atoms with Crippen LogP contribution in [0.4, 0.5) is 5.69 Å². The maximum absolute atomic E-state index is 12.4. The molecular weight excluding hydrogens is 252 g/mol. The van der Waals surface area contributed by atoms with Gasteiger partial charge in [-0.05, 0) is 43.2 Å². The minimum Gasteiger partial charge on any atom is -0.496 e. The van der Waals surface area contributed by atoms with Crippen molar-refractivity contribution in [2.75, 3.05) is 12.8 Å². The third-order valence-electron chi connectivity index (χ3n) is 4.22. The Bertz CT molecular complexity index is 487. The molecule has 20 heavy (non-hydrogen) atoms. The lowest BCUT2D eigenvalue weighted by Crippen LogP contribution is -2.42. The van der Waals surface area contributed by atoms with Gasteiger partial charge in [-0.3, -0.25) is 4.79 Å². The molecule has 0 aliphatic heterocycles. The van der Waals surface area contributed by atoms with Gasteiger partial charge in [0.15, 0.2) is 0 Å². The van der Waals surface area contributed by atoms with E-state index in [-0.39, 0.29) is 11.9 Å². The molecule has 1 aromatic rings. The summed E-state index contributed by atoms with van der Waals surface area (Å²) < 4.78 is 5.24. The zero-order chi connectivity index (χ0) is 14.7. The highest BCUT2D eigenvalue weighted by Crippen LogP contribution is 2.29. The van der Waals surface area contributed by atoms with E-state index in [4.69, 9.17) is 10.5 Å². The summed E-state index contributed by atoms with van der Waals surface area (Å²) in [6, 6.07) is 5.38. The Kier molecular flexibility index (Phi) is 4.53. The SMILES string of the molecule is COc1cc(N)ccc1C(=O)NC1CCC(C)CC1C. The molecule has 0 spiro atoms. The Morgan fingerprint density at radius 2 is 2.10 bits per heavy atom. The van der Waals surface area contributed by atoms with Crippen molar-refractivity contribution in [3.05, 3.63) is 23.8 Å². The topological polar surface area (TPSA) is 64.3 Å². The van der Waals surface area contributed by atoms with Crippen molar-refractivity contribution in [3.63, 3.8) is 0 Å². The monoisotopic (exact) mass is 276 g/mol. The van der Waals surface area contributed by atoms with Gasteiger partial charge >= 0.3 is 0 Å². The number of methoxy groups -OCH3 is 1. The van der Waals surface area contributed by atoms with Gasteiger partial charge in [0.25, 0.3) is 5.91 Å². The summed E-state index contributed by atoms with van der Waals surface area (Å²) in [4.78, 5) is 12.4. The maximum atomic E-state index is 12.4. The first kappa shape index (κ1) is 14.7. The van der Waals surface area contributed by atoms with E-state index in [9.17, 15) is 4.79 Å². The number of carbonyl (C=O) groups is 1. The van der Waals surface area contributed by atoms with E-state index >= 15 is 0 Å². The average Bonchev–Trinajstić information content (AvgIpc) is 2.41. The second-order valence-electron chi connectivity index (χ2n) is 5.94. The van der Waals surface area contributed by atoms with Crippen LogP contribution in [0.5, 0.6) is 5.75 Å². The van der Waals surface area contributed by atoms with Gasteiger partial charge in [-0.15, -0.1) is 0 Å². The Balaban J connectivity index is 2.08. The fraction of sp³-hybridized carbons (Fsp3) is 0.562. The van der Waals surface area contributed by atoms with Crippen LogP contribution in [0.25, 0.3) is 0 Å². The summed E-state index contributed by atoms with van der Waals surface area (Å²) in [7, 11) is 1.55. The molecule has 0 bridgehead atoms. The minimum atomic E-state index is -0.0757. The lowest BCUT2D eigenvalue weighted by molar-refractivity contribution is 0.0896. The Hall–Kier alpha value is -1.71. The normalized spacial score (nSPS) is 26.1. The van der Waals surface area contributed by atoms with Crippen molar-refractivity contribution in [3.8, 4) is 5.75 Å². The highest BCUT2D eigenvalue weighted by atomic mass is 16.5. The van der Waals surface area contributed by atoms with Crippen LogP contribution >= 0.6 is 0 Å². The molecule has 110 valence electrons. The average molecular weight is 276 g/mol. The molecule has 2 rings (SSSR count). The number of hydrogen-bond acceptors (Lipinski definition) is 3. The van der Waals surface area contributed by atoms with Gasteiger partial charge in [-0.25, -0.2) is 0 Å². The van der Waals surface area contributed by atoms with Crippen molar-refractivity contribution in [2.45, 2.75) is 39.2 Å². The smallest absolute Gasteiger partial charge is 0.255 e. The highest BCUT2D eigenvalue weighted by molar-refractivity contribution is 5.97. The summed E-state index contributed by atoms with van der Waals surface area (Å²) in [5.41, 5.74) is 6.86. The van der Waals surface area contributed by atoms with Crippen LogP contribution in [0.1, 0.15) is 43.5 Å². The van der Waals surface area contributed by atoms with E-state index in [1.807, 2.05) is 0 Å². The van der Waals surface area contributed by atoms with Crippen LogP contribution in [-0.2, 0) is 0 Å². The Morgan fingerprint density at radius 3 is 2.75 bits per heavy atom. The van der Waals surface area contributed by atoms with E-state index in [0.29, 0.717) is 22.9 Å². The lowest BCUT2D eigenvalue weighted by atomic mass is 9.80. The summed E-state index contributed by atoms with van der Waals surface area (Å²) in [6.07, 6.45) is 3.39. The van der Waals surface area contributed by atoms with E-state index in [1.54, 1.807) is 25.3 Å². The Morgan fingerprint density at radius 1 is 1.35 bits per heavy atom. The van der Waals surface area contributed by atoms with Crippen molar-refractivity contribution < 1.29 is 9.53 Å². The molecule has 0 aromatic heterocycles. The standard InChI is InChI=1S/C16H24N2O2/c1-10-4-7-14(11(2)8-10)18-16(19)13-6-5-12(17)9-15(13)20-3/h5-6,9-11,14H,4,7-8,17H2,1-3H3,(H,18,19). The molecule has 3 atom stereocenters. The first-order valence-electron chi connectivity index (χ1n) is 7.25. The molecule has 4 heteroatoms. The molecule has 3 unspecified atom stereocenters. The molecule has 1 amide bonds. The van der Waals surface area contributed by atoms with Gasteiger partial charge in [0.2, 0.25) is 0 Å².